The van der Waals surface area contributed by atoms with Crippen molar-refractivity contribution in [1.29, 1.82) is 0 Å². The summed E-state index contributed by atoms with van der Waals surface area (Å²) in [5, 5.41) is 8.60. The molecular formula is C13H9Cl4NO4S. The minimum atomic E-state index is -1.32. The number of aliphatic carboxylic acids is 1. The fourth-order valence-corrected chi connectivity index (χ4v) is 3.72. The van der Waals surface area contributed by atoms with E-state index in [4.69, 9.17) is 46.4 Å². The number of halogens is 4. The third kappa shape index (κ3) is 3.03. The second kappa shape index (κ2) is 7.07. The maximum absolute atomic E-state index is 12.5. The molecule has 1 aromatic carbocycles. The lowest BCUT2D eigenvalue weighted by atomic mass is 10.1. The molecule has 0 radical (unpaired) electrons. The van der Waals surface area contributed by atoms with E-state index < -0.39 is 23.8 Å². The summed E-state index contributed by atoms with van der Waals surface area (Å²) < 4.78 is 0. The Labute approximate surface area is 155 Å². The number of hydrogen-bond donors (Lipinski definition) is 1. The molecule has 2 rings (SSSR count). The maximum atomic E-state index is 12.5. The highest BCUT2D eigenvalue weighted by Gasteiger charge is 2.46. The normalized spacial score (nSPS) is 15.1. The van der Waals surface area contributed by atoms with Crippen LogP contribution in [0, 0.1) is 0 Å². The molecule has 23 heavy (non-hydrogen) atoms. The van der Waals surface area contributed by atoms with Gasteiger partial charge >= 0.3 is 5.97 Å². The number of nitrogens with zero attached hydrogens (tertiary/aromatic N) is 1. The molecule has 0 saturated heterocycles. The van der Waals surface area contributed by atoms with Gasteiger partial charge in [0.25, 0.3) is 11.8 Å². The molecule has 1 aliphatic heterocycles. The zero-order chi connectivity index (χ0) is 17.5. The standard InChI is InChI=1S/C13H9Cl4NO4S/c1-23-3-2-4(13(21)22)18-11(19)5-6(12(18)20)8(15)10(17)9(16)7(5)14/h4H,2-3H2,1H3,(H,21,22)/t4-/m1/s1. The van der Waals surface area contributed by atoms with E-state index in [9.17, 15) is 19.5 Å². The molecule has 0 aromatic heterocycles. The number of fused-ring (bicyclic) bond motifs is 1. The van der Waals surface area contributed by atoms with Crippen molar-refractivity contribution in [3.05, 3.63) is 31.2 Å². The molecule has 1 heterocycles. The van der Waals surface area contributed by atoms with E-state index >= 15 is 0 Å². The minimum Gasteiger partial charge on any atom is -0.480 e. The highest BCUT2D eigenvalue weighted by atomic mass is 35.5. The van der Waals surface area contributed by atoms with Gasteiger partial charge in [-0.3, -0.25) is 14.5 Å². The lowest BCUT2D eigenvalue weighted by molar-refractivity contribution is -0.141. The number of carboxylic acids is 1. The molecule has 0 spiro atoms. The van der Waals surface area contributed by atoms with Crippen molar-refractivity contribution < 1.29 is 19.5 Å². The van der Waals surface area contributed by atoms with Crippen LogP contribution < -0.4 is 0 Å². The van der Waals surface area contributed by atoms with Crippen molar-refractivity contribution >= 4 is 75.9 Å². The third-order valence-corrected chi connectivity index (χ3v) is 5.77. The van der Waals surface area contributed by atoms with Gasteiger partial charge in [-0.25, -0.2) is 4.79 Å². The van der Waals surface area contributed by atoms with Crippen LogP contribution >= 0.6 is 58.2 Å². The molecule has 0 saturated carbocycles. The number of thioether (sulfide) groups is 1. The van der Waals surface area contributed by atoms with Gasteiger partial charge in [-0.2, -0.15) is 11.8 Å². The van der Waals surface area contributed by atoms with Crippen LogP contribution in [0.5, 0.6) is 0 Å². The van der Waals surface area contributed by atoms with E-state index in [0.29, 0.717) is 10.7 Å². The summed E-state index contributed by atoms with van der Waals surface area (Å²) in [6.07, 6.45) is 1.88. The number of rotatable bonds is 5. The van der Waals surface area contributed by atoms with Gasteiger partial charge in [-0.05, 0) is 18.4 Å². The number of imide groups is 1. The molecule has 124 valence electrons. The van der Waals surface area contributed by atoms with Gasteiger partial charge in [0.15, 0.2) is 0 Å². The predicted molar refractivity (Wildman–Crippen MR) is 91.4 cm³/mol. The fraction of sp³-hybridized carbons (Fsp3) is 0.308. The Morgan fingerprint density at radius 1 is 1.04 bits per heavy atom. The highest BCUT2D eigenvalue weighted by molar-refractivity contribution is 7.98. The summed E-state index contributed by atoms with van der Waals surface area (Å²) in [5.41, 5.74) is -0.432. The lowest BCUT2D eigenvalue weighted by Gasteiger charge is -2.22. The number of hydrogen-bond acceptors (Lipinski definition) is 4. The van der Waals surface area contributed by atoms with Gasteiger partial charge in [-0.15, -0.1) is 0 Å². The van der Waals surface area contributed by atoms with Gasteiger partial charge in [0.05, 0.1) is 31.2 Å². The first-order valence-electron chi connectivity index (χ1n) is 6.19. The van der Waals surface area contributed by atoms with E-state index in [-0.39, 0.29) is 37.6 Å². The summed E-state index contributed by atoms with van der Waals surface area (Å²) >= 11 is 25.2. The van der Waals surface area contributed by atoms with Crippen molar-refractivity contribution in [2.24, 2.45) is 0 Å². The summed E-state index contributed by atoms with van der Waals surface area (Å²) in [6, 6.07) is -1.32. The van der Waals surface area contributed by atoms with Crippen molar-refractivity contribution in [2.45, 2.75) is 12.5 Å². The van der Waals surface area contributed by atoms with Crippen LogP contribution in [0.4, 0.5) is 0 Å². The maximum Gasteiger partial charge on any atom is 0.326 e. The Hall–Kier alpha value is -0.660. The van der Waals surface area contributed by atoms with Crippen LogP contribution in [-0.4, -0.2) is 45.8 Å². The Morgan fingerprint density at radius 2 is 1.48 bits per heavy atom. The largest absolute Gasteiger partial charge is 0.480 e. The molecule has 0 fully saturated rings. The average molecular weight is 417 g/mol. The van der Waals surface area contributed by atoms with Crippen molar-refractivity contribution in [2.75, 3.05) is 12.0 Å². The molecule has 1 aliphatic rings. The summed E-state index contributed by atoms with van der Waals surface area (Å²) in [6.45, 7) is 0. The lowest BCUT2D eigenvalue weighted by Crippen LogP contribution is -2.45. The van der Waals surface area contributed by atoms with Gasteiger partial charge in [0, 0.05) is 0 Å². The number of carboxylic acid groups (broad SMARTS) is 1. The fourth-order valence-electron chi connectivity index (χ4n) is 2.24. The van der Waals surface area contributed by atoms with E-state index in [0.717, 1.165) is 0 Å². The Bertz CT molecular complexity index is 678. The van der Waals surface area contributed by atoms with E-state index in [1.165, 1.54) is 11.8 Å². The summed E-state index contributed by atoms with van der Waals surface area (Å²) in [7, 11) is 0. The number of amides is 2. The molecule has 0 unspecified atom stereocenters. The number of carbonyl (C=O) groups excluding carboxylic acids is 2. The van der Waals surface area contributed by atoms with E-state index in [2.05, 4.69) is 0 Å². The molecule has 1 aromatic rings. The molecule has 1 atom stereocenters. The Kier molecular flexibility index (Phi) is 5.74. The first-order valence-corrected chi connectivity index (χ1v) is 9.10. The zero-order valence-electron chi connectivity index (χ0n) is 11.5. The molecule has 10 heteroatoms. The minimum absolute atomic E-state index is 0.0959. The molecule has 5 nitrogen and oxygen atoms in total. The predicted octanol–water partition coefficient (Wildman–Crippen LogP) is 4.10. The molecule has 1 N–H and O–H groups in total. The van der Waals surface area contributed by atoms with Crippen LogP contribution in [-0.2, 0) is 4.79 Å². The van der Waals surface area contributed by atoms with E-state index in [1.807, 2.05) is 0 Å². The van der Waals surface area contributed by atoms with E-state index in [1.54, 1.807) is 6.26 Å². The second-order valence-electron chi connectivity index (χ2n) is 4.62. The van der Waals surface area contributed by atoms with Crippen LogP contribution in [0.1, 0.15) is 27.1 Å². The first-order chi connectivity index (χ1) is 10.7. The first kappa shape index (κ1) is 18.7. The summed E-state index contributed by atoms with van der Waals surface area (Å²) in [4.78, 5) is 37.2. The molecular weight excluding hydrogens is 408 g/mol. The van der Waals surface area contributed by atoms with Gasteiger partial charge < -0.3 is 5.11 Å². The van der Waals surface area contributed by atoms with Crippen molar-refractivity contribution in [3.63, 3.8) is 0 Å². The zero-order valence-corrected chi connectivity index (χ0v) is 15.4. The molecule has 2 amide bonds. The second-order valence-corrected chi connectivity index (χ2v) is 7.12. The smallest absolute Gasteiger partial charge is 0.326 e. The van der Waals surface area contributed by atoms with Gasteiger partial charge in [-0.1, -0.05) is 46.4 Å². The summed E-state index contributed by atoms with van der Waals surface area (Å²) in [5.74, 6) is -2.53. The Morgan fingerprint density at radius 3 is 1.83 bits per heavy atom. The highest BCUT2D eigenvalue weighted by Crippen LogP contribution is 2.45. The quantitative estimate of drug-likeness (QED) is 0.444. The van der Waals surface area contributed by atoms with Crippen molar-refractivity contribution in [3.8, 4) is 0 Å². The van der Waals surface area contributed by atoms with Crippen LogP contribution in [0.2, 0.25) is 20.1 Å². The topological polar surface area (TPSA) is 74.7 Å². The van der Waals surface area contributed by atoms with Gasteiger partial charge in [0.1, 0.15) is 6.04 Å². The number of benzene rings is 1. The average Bonchev–Trinajstić information content (AvgIpc) is 2.75. The van der Waals surface area contributed by atoms with Crippen LogP contribution in [0.3, 0.4) is 0 Å². The Balaban J connectivity index is 2.59. The van der Waals surface area contributed by atoms with Crippen LogP contribution in [0.15, 0.2) is 0 Å². The SMILES string of the molecule is CSCC[C@H](C(=O)O)N1C(=O)c2c(Cl)c(Cl)c(Cl)c(Cl)c2C1=O. The molecule has 0 aliphatic carbocycles. The van der Waals surface area contributed by atoms with Gasteiger partial charge in [0.2, 0.25) is 0 Å². The molecule has 0 bridgehead atoms. The number of carbonyl (C=O) groups is 3. The third-order valence-electron chi connectivity index (χ3n) is 3.32. The monoisotopic (exact) mass is 415 g/mol. The van der Waals surface area contributed by atoms with Crippen LogP contribution in [0.25, 0.3) is 0 Å². The van der Waals surface area contributed by atoms with Crippen molar-refractivity contribution in [1.82, 2.24) is 4.90 Å².